The summed E-state index contributed by atoms with van der Waals surface area (Å²) < 4.78 is 24.2. The van der Waals surface area contributed by atoms with Crippen LogP contribution in [0.15, 0.2) is 48.2 Å². The monoisotopic (exact) mass is 439 g/mol. The van der Waals surface area contributed by atoms with Gasteiger partial charge in [0.1, 0.15) is 11.5 Å². The Morgan fingerprint density at radius 1 is 0.875 bits per heavy atom. The van der Waals surface area contributed by atoms with Gasteiger partial charge in [-0.25, -0.2) is 9.29 Å². The zero-order valence-electron chi connectivity index (χ0n) is 18.4. The Hall–Kier alpha value is -3.39. The van der Waals surface area contributed by atoms with E-state index in [0.29, 0.717) is 47.1 Å². The van der Waals surface area contributed by atoms with Crippen LogP contribution in [0.5, 0.6) is 11.5 Å². The minimum absolute atomic E-state index is 0.310. The van der Waals surface area contributed by atoms with E-state index in [9.17, 15) is 14.0 Å². The normalized spacial score (nSPS) is 17.4. The molecule has 0 unspecified atom stereocenters. The standard InChI is InChI=1S/C24H26FN3O4/c1-4-26-11-13-27(14-12-26)22-21(16-5-10-19(31-2)20(15-16)32-3)23(29)28(24(22)30)18-8-6-17(25)7-9-18/h5-10,15H,4,11-14H2,1-3H3. The molecule has 1 fully saturated rings. The number of benzene rings is 2. The summed E-state index contributed by atoms with van der Waals surface area (Å²) in [6, 6.07) is 10.5. The number of likely N-dealkylation sites (N-methyl/N-ethyl adjacent to an activating group) is 1. The summed E-state index contributed by atoms with van der Waals surface area (Å²) in [5.74, 6) is -0.287. The molecule has 2 aliphatic heterocycles. The van der Waals surface area contributed by atoms with Crippen molar-refractivity contribution in [3.63, 3.8) is 0 Å². The molecule has 0 aliphatic carbocycles. The van der Waals surface area contributed by atoms with Gasteiger partial charge >= 0.3 is 0 Å². The molecule has 2 aromatic carbocycles. The van der Waals surface area contributed by atoms with E-state index in [4.69, 9.17) is 9.47 Å². The van der Waals surface area contributed by atoms with E-state index < -0.39 is 17.6 Å². The van der Waals surface area contributed by atoms with Crippen LogP contribution in [0.3, 0.4) is 0 Å². The molecule has 8 heteroatoms. The fourth-order valence-corrected chi connectivity index (χ4v) is 4.18. The summed E-state index contributed by atoms with van der Waals surface area (Å²) in [7, 11) is 3.06. The molecule has 1 saturated heterocycles. The second-order valence-corrected chi connectivity index (χ2v) is 7.64. The maximum absolute atomic E-state index is 13.6. The van der Waals surface area contributed by atoms with Crippen molar-refractivity contribution < 1.29 is 23.5 Å². The molecule has 0 N–H and O–H groups in total. The number of hydrogen-bond donors (Lipinski definition) is 0. The maximum Gasteiger partial charge on any atom is 0.282 e. The number of nitrogens with zero attached hydrogens (tertiary/aromatic N) is 3. The van der Waals surface area contributed by atoms with Crippen LogP contribution >= 0.6 is 0 Å². The van der Waals surface area contributed by atoms with E-state index in [0.717, 1.165) is 24.5 Å². The van der Waals surface area contributed by atoms with Gasteiger partial charge in [-0.2, -0.15) is 0 Å². The van der Waals surface area contributed by atoms with Crippen molar-refractivity contribution in [1.82, 2.24) is 9.80 Å². The third-order valence-electron chi connectivity index (χ3n) is 5.95. The van der Waals surface area contributed by atoms with Gasteiger partial charge in [-0.15, -0.1) is 0 Å². The number of imide groups is 1. The van der Waals surface area contributed by atoms with Gasteiger partial charge in [-0.05, 0) is 48.5 Å². The number of ether oxygens (including phenoxy) is 2. The number of piperazine rings is 1. The number of halogens is 1. The third kappa shape index (κ3) is 3.82. The van der Waals surface area contributed by atoms with E-state index in [1.54, 1.807) is 18.2 Å². The van der Waals surface area contributed by atoms with Crippen LogP contribution < -0.4 is 14.4 Å². The summed E-state index contributed by atoms with van der Waals surface area (Å²) >= 11 is 0. The van der Waals surface area contributed by atoms with Gasteiger partial charge in [-0.3, -0.25) is 9.59 Å². The zero-order chi connectivity index (χ0) is 22.8. The Bertz CT molecular complexity index is 1060. The molecule has 32 heavy (non-hydrogen) atoms. The van der Waals surface area contributed by atoms with Gasteiger partial charge in [0.25, 0.3) is 11.8 Å². The lowest BCUT2D eigenvalue weighted by atomic mass is 10.0. The largest absolute Gasteiger partial charge is 0.493 e. The first-order valence-corrected chi connectivity index (χ1v) is 10.6. The van der Waals surface area contributed by atoms with Crippen molar-refractivity contribution in [3.8, 4) is 11.5 Å². The Balaban J connectivity index is 1.80. The predicted octanol–water partition coefficient (Wildman–Crippen LogP) is 2.76. The first-order chi connectivity index (χ1) is 15.5. The highest BCUT2D eigenvalue weighted by atomic mass is 19.1. The lowest BCUT2D eigenvalue weighted by Gasteiger charge is -2.36. The fourth-order valence-electron chi connectivity index (χ4n) is 4.18. The third-order valence-corrected chi connectivity index (χ3v) is 5.95. The minimum Gasteiger partial charge on any atom is -0.493 e. The Kier molecular flexibility index (Phi) is 6.14. The number of carbonyl (C=O) groups excluding carboxylic acids is 2. The molecule has 0 aromatic heterocycles. The molecule has 2 amide bonds. The minimum atomic E-state index is -0.443. The average molecular weight is 439 g/mol. The van der Waals surface area contributed by atoms with Crippen LogP contribution in [-0.4, -0.2) is 68.6 Å². The number of hydrogen-bond acceptors (Lipinski definition) is 6. The van der Waals surface area contributed by atoms with Crippen molar-refractivity contribution in [3.05, 3.63) is 59.5 Å². The number of anilines is 1. The van der Waals surface area contributed by atoms with Crippen molar-refractivity contribution in [2.75, 3.05) is 51.8 Å². The van der Waals surface area contributed by atoms with E-state index in [2.05, 4.69) is 11.8 Å². The van der Waals surface area contributed by atoms with Gasteiger partial charge in [0.05, 0.1) is 25.5 Å². The first kappa shape index (κ1) is 21.8. The maximum atomic E-state index is 13.6. The summed E-state index contributed by atoms with van der Waals surface area (Å²) in [6.07, 6.45) is 0. The van der Waals surface area contributed by atoms with Crippen LogP contribution in [-0.2, 0) is 9.59 Å². The second-order valence-electron chi connectivity index (χ2n) is 7.64. The number of carbonyl (C=O) groups is 2. The molecule has 7 nitrogen and oxygen atoms in total. The number of rotatable bonds is 6. The summed E-state index contributed by atoms with van der Waals surface area (Å²) in [6.45, 7) is 5.91. The molecule has 0 spiro atoms. The van der Waals surface area contributed by atoms with Crippen LogP contribution in [0.25, 0.3) is 5.57 Å². The molecule has 2 aliphatic rings. The average Bonchev–Trinajstić information content (AvgIpc) is 3.09. The molecule has 2 heterocycles. The van der Waals surface area contributed by atoms with E-state index in [1.165, 1.54) is 38.5 Å². The molecule has 0 radical (unpaired) electrons. The number of amides is 2. The number of methoxy groups -OCH3 is 2. The van der Waals surface area contributed by atoms with Crippen LogP contribution in [0.1, 0.15) is 12.5 Å². The van der Waals surface area contributed by atoms with Crippen LogP contribution in [0, 0.1) is 5.82 Å². The summed E-state index contributed by atoms with van der Waals surface area (Å²) in [5.41, 5.74) is 1.58. The molecule has 4 rings (SSSR count). The summed E-state index contributed by atoms with van der Waals surface area (Å²) in [4.78, 5) is 32.5. The van der Waals surface area contributed by atoms with Gasteiger partial charge in [-0.1, -0.05) is 13.0 Å². The van der Waals surface area contributed by atoms with E-state index >= 15 is 0 Å². The van der Waals surface area contributed by atoms with Crippen molar-refractivity contribution in [2.24, 2.45) is 0 Å². The Morgan fingerprint density at radius 3 is 2.12 bits per heavy atom. The quantitative estimate of drug-likeness (QED) is 0.645. The molecule has 0 atom stereocenters. The SMILES string of the molecule is CCN1CCN(C2=C(c3ccc(OC)c(OC)c3)C(=O)N(c3ccc(F)cc3)C2=O)CC1. The van der Waals surface area contributed by atoms with Crippen molar-refractivity contribution in [2.45, 2.75) is 6.92 Å². The highest BCUT2D eigenvalue weighted by molar-refractivity contribution is 6.45. The first-order valence-electron chi connectivity index (χ1n) is 10.6. The molecular weight excluding hydrogens is 413 g/mol. The van der Waals surface area contributed by atoms with E-state index in [1.807, 2.05) is 4.90 Å². The predicted molar refractivity (Wildman–Crippen MR) is 119 cm³/mol. The Labute approximate surface area is 186 Å². The fraction of sp³-hybridized carbons (Fsp3) is 0.333. The summed E-state index contributed by atoms with van der Waals surface area (Å²) in [5, 5.41) is 0. The molecular formula is C24H26FN3O4. The van der Waals surface area contributed by atoms with Crippen molar-refractivity contribution >= 4 is 23.1 Å². The van der Waals surface area contributed by atoms with Gasteiger partial charge in [0.2, 0.25) is 0 Å². The van der Waals surface area contributed by atoms with Crippen LogP contribution in [0.4, 0.5) is 10.1 Å². The molecule has 0 saturated carbocycles. The highest BCUT2D eigenvalue weighted by Gasteiger charge is 2.43. The van der Waals surface area contributed by atoms with Crippen molar-refractivity contribution in [1.29, 1.82) is 0 Å². The molecule has 2 aromatic rings. The van der Waals surface area contributed by atoms with Gasteiger partial charge in [0, 0.05) is 26.2 Å². The second kappa shape index (κ2) is 9.00. The lowest BCUT2D eigenvalue weighted by Crippen LogP contribution is -2.47. The highest BCUT2D eigenvalue weighted by Crippen LogP contribution is 2.38. The molecule has 168 valence electrons. The lowest BCUT2D eigenvalue weighted by molar-refractivity contribution is -0.120. The topological polar surface area (TPSA) is 62.3 Å². The van der Waals surface area contributed by atoms with Gasteiger partial charge < -0.3 is 19.3 Å². The molecule has 0 bridgehead atoms. The zero-order valence-corrected chi connectivity index (χ0v) is 18.4. The van der Waals surface area contributed by atoms with Gasteiger partial charge in [0.15, 0.2) is 11.5 Å². The Morgan fingerprint density at radius 2 is 1.53 bits per heavy atom. The smallest absolute Gasteiger partial charge is 0.282 e. The van der Waals surface area contributed by atoms with Crippen LogP contribution in [0.2, 0.25) is 0 Å². The van der Waals surface area contributed by atoms with E-state index in [-0.39, 0.29) is 0 Å².